The largest absolute Gasteiger partial charge is 0.362 e. The fourth-order valence-electron chi connectivity index (χ4n) is 1.68. The second-order valence-electron chi connectivity index (χ2n) is 3.90. The average molecular weight is 292 g/mol. The van der Waals surface area contributed by atoms with E-state index in [1.165, 1.54) is 0 Å². The van der Waals surface area contributed by atoms with E-state index in [-0.39, 0.29) is 6.04 Å². The van der Waals surface area contributed by atoms with E-state index in [2.05, 4.69) is 28.6 Å². The van der Waals surface area contributed by atoms with Gasteiger partial charge in [-0.05, 0) is 24.8 Å². The summed E-state index contributed by atoms with van der Waals surface area (Å²) < 4.78 is 0. The highest BCUT2D eigenvalue weighted by atomic mass is 32.1. The summed E-state index contributed by atoms with van der Waals surface area (Å²) in [6.45, 7) is 4.97. The van der Waals surface area contributed by atoms with Crippen LogP contribution in [0, 0.1) is 11.3 Å². The summed E-state index contributed by atoms with van der Waals surface area (Å²) in [5.74, 6) is 0. The molecule has 0 aliphatic heterocycles. The smallest absolute Gasteiger partial charge is 0.184 e. The number of rotatable bonds is 6. The third kappa shape index (κ3) is 3.25. The van der Waals surface area contributed by atoms with Crippen LogP contribution in [-0.4, -0.2) is 11.5 Å². The van der Waals surface area contributed by atoms with Crippen molar-refractivity contribution in [2.75, 3.05) is 17.2 Å². The Morgan fingerprint density at radius 1 is 1.47 bits per heavy atom. The van der Waals surface area contributed by atoms with Crippen LogP contribution in [0.5, 0.6) is 0 Å². The number of hydrogen-bond donors (Lipinski definition) is 2. The molecule has 0 radical (unpaired) electrons. The highest BCUT2D eigenvalue weighted by Crippen LogP contribution is 2.32. The minimum atomic E-state index is -0.305. The molecule has 0 spiro atoms. The van der Waals surface area contributed by atoms with E-state index in [1.54, 1.807) is 22.7 Å². The van der Waals surface area contributed by atoms with Gasteiger partial charge in [0.15, 0.2) is 5.13 Å². The summed E-state index contributed by atoms with van der Waals surface area (Å²) in [7, 11) is 0. The predicted molar refractivity (Wildman–Crippen MR) is 82.0 cm³/mol. The van der Waals surface area contributed by atoms with Gasteiger partial charge in [0.25, 0.3) is 0 Å². The lowest BCUT2D eigenvalue weighted by Gasteiger charge is -2.09. The first-order valence-corrected chi connectivity index (χ1v) is 7.91. The van der Waals surface area contributed by atoms with E-state index in [0.29, 0.717) is 0 Å². The van der Waals surface area contributed by atoms with Crippen molar-refractivity contribution in [1.29, 1.82) is 5.26 Å². The van der Waals surface area contributed by atoms with Gasteiger partial charge >= 0.3 is 0 Å². The third-order valence-corrected chi connectivity index (χ3v) is 4.52. The van der Waals surface area contributed by atoms with Crippen molar-refractivity contribution >= 4 is 32.8 Å². The third-order valence-electron chi connectivity index (χ3n) is 2.59. The quantitative estimate of drug-likeness (QED) is 0.848. The number of aryl methyl sites for hydroxylation is 1. The van der Waals surface area contributed by atoms with Crippen molar-refractivity contribution in [3.05, 3.63) is 28.1 Å². The number of thiophene rings is 1. The molecule has 2 N–H and O–H groups in total. The van der Waals surface area contributed by atoms with Gasteiger partial charge in [-0.2, -0.15) is 5.26 Å². The highest BCUT2D eigenvalue weighted by molar-refractivity contribution is 7.19. The van der Waals surface area contributed by atoms with Gasteiger partial charge in [0, 0.05) is 11.4 Å². The predicted octanol–water partition coefficient (Wildman–Crippen LogP) is 3.88. The summed E-state index contributed by atoms with van der Waals surface area (Å²) in [6.07, 6.45) is 0.854. The Kier molecular flexibility index (Phi) is 4.77. The molecule has 1 atom stereocenters. The van der Waals surface area contributed by atoms with Crippen LogP contribution in [0.2, 0.25) is 0 Å². The fraction of sp³-hybridized carbons (Fsp3) is 0.385. The molecule has 0 amide bonds. The van der Waals surface area contributed by atoms with Crippen LogP contribution in [-0.2, 0) is 6.42 Å². The molecule has 0 aliphatic rings. The van der Waals surface area contributed by atoms with Gasteiger partial charge in [-0.3, -0.25) is 0 Å². The molecule has 2 rings (SSSR count). The Morgan fingerprint density at radius 3 is 2.89 bits per heavy atom. The first-order valence-electron chi connectivity index (χ1n) is 6.21. The summed E-state index contributed by atoms with van der Waals surface area (Å²) in [5.41, 5.74) is 1.01. The lowest BCUT2D eigenvalue weighted by Crippen LogP contribution is -2.07. The van der Waals surface area contributed by atoms with Crippen molar-refractivity contribution < 1.29 is 0 Å². The Labute approximate surface area is 121 Å². The molecule has 19 heavy (non-hydrogen) atoms. The maximum Gasteiger partial charge on any atom is 0.184 e. The maximum absolute atomic E-state index is 9.30. The molecule has 0 saturated carbocycles. The summed E-state index contributed by atoms with van der Waals surface area (Å²) in [4.78, 5) is 5.56. The first-order chi connectivity index (χ1) is 9.28. The molecule has 100 valence electrons. The van der Waals surface area contributed by atoms with Crippen LogP contribution >= 0.6 is 22.7 Å². The zero-order chi connectivity index (χ0) is 13.7. The second-order valence-corrected chi connectivity index (χ2v) is 5.88. The zero-order valence-corrected chi connectivity index (χ0v) is 12.6. The number of nitrogens with one attached hydrogen (secondary N) is 2. The Hall–Kier alpha value is -1.58. The Bertz CT molecular complexity index is 554. The van der Waals surface area contributed by atoms with E-state index in [1.807, 2.05) is 24.4 Å². The Morgan fingerprint density at radius 2 is 2.32 bits per heavy atom. The zero-order valence-electron chi connectivity index (χ0n) is 10.9. The molecule has 0 aliphatic carbocycles. The molecule has 6 heteroatoms. The number of hydrogen-bond acceptors (Lipinski definition) is 6. The van der Waals surface area contributed by atoms with Crippen LogP contribution in [0.4, 0.5) is 10.1 Å². The van der Waals surface area contributed by atoms with E-state index >= 15 is 0 Å². The van der Waals surface area contributed by atoms with Gasteiger partial charge in [0.2, 0.25) is 0 Å². The molecule has 0 aromatic carbocycles. The van der Waals surface area contributed by atoms with Crippen molar-refractivity contribution in [3.63, 3.8) is 0 Å². The van der Waals surface area contributed by atoms with Crippen molar-refractivity contribution in [2.24, 2.45) is 0 Å². The first kappa shape index (κ1) is 13.8. The topological polar surface area (TPSA) is 60.7 Å². The maximum atomic E-state index is 9.30. The second kappa shape index (κ2) is 6.55. The molecule has 2 heterocycles. The van der Waals surface area contributed by atoms with Gasteiger partial charge in [-0.1, -0.05) is 24.3 Å². The standard InChI is InChI=1S/C13H16N4S2/c1-3-9-12(19-13(17-9)15-4-2)16-10(8-14)11-6-5-7-18-11/h5-7,10,16H,3-4H2,1-2H3,(H,15,17). The monoisotopic (exact) mass is 292 g/mol. The van der Waals surface area contributed by atoms with Crippen molar-refractivity contribution in [1.82, 2.24) is 4.98 Å². The van der Waals surface area contributed by atoms with Gasteiger partial charge in [0.1, 0.15) is 11.0 Å². The number of nitrogens with zero attached hydrogens (tertiary/aromatic N) is 2. The van der Waals surface area contributed by atoms with Crippen LogP contribution < -0.4 is 10.6 Å². The Balaban J connectivity index is 2.19. The average Bonchev–Trinajstić information content (AvgIpc) is 3.05. The molecule has 2 aromatic rings. The highest BCUT2D eigenvalue weighted by Gasteiger charge is 2.16. The molecule has 0 saturated heterocycles. The number of anilines is 2. The molecule has 4 nitrogen and oxygen atoms in total. The SMILES string of the molecule is CCNc1nc(CC)c(NC(C#N)c2cccs2)s1. The normalized spacial score (nSPS) is 11.8. The molecular weight excluding hydrogens is 276 g/mol. The summed E-state index contributed by atoms with van der Waals surface area (Å²) >= 11 is 3.16. The number of nitriles is 1. The van der Waals surface area contributed by atoms with Crippen molar-refractivity contribution in [2.45, 2.75) is 26.3 Å². The van der Waals surface area contributed by atoms with E-state index in [4.69, 9.17) is 0 Å². The lowest BCUT2D eigenvalue weighted by atomic mass is 10.2. The fourth-order valence-corrected chi connectivity index (χ4v) is 3.45. The number of thiazole rings is 1. The van der Waals surface area contributed by atoms with Crippen LogP contribution in [0.1, 0.15) is 30.5 Å². The molecule has 2 aromatic heterocycles. The molecule has 0 fully saturated rings. The van der Waals surface area contributed by atoms with Crippen LogP contribution in [0.3, 0.4) is 0 Å². The molecule has 1 unspecified atom stereocenters. The van der Waals surface area contributed by atoms with Crippen molar-refractivity contribution in [3.8, 4) is 6.07 Å². The van der Waals surface area contributed by atoms with Gasteiger partial charge < -0.3 is 10.6 Å². The van der Waals surface area contributed by atoms with E-state index in [9.17, 15) is 5.26 Å². The molecule has 0 bridgehead atoms. The number of aromatic nitrogens is 1. The van der Waals surface area contributed by atoms with Crippen LogP contribution in [0.25, 0.3) is 0 Å². The van der Waals surface area contributed by atoms with Gasteiger partial charge in [-0.25, -0.2) is 4.98 Å². The summed E-state index contributed by atoms with van der Waals surface area (Å²) in [6, 6.07) is 5.94. The van der Waals surface area contributed by atoms with Gasteiger partial charge in [-0.15, -0.1) is 11.3 Å². The molecular formula is C13H16N4S2. The van der Waals surface area contributed by atoms with Gasteiger partial charge in [0.05, 0.1) is 11.8 Å². The van der Waals surface area contributed by atoms with E-state index < -0.39 is 0 Å². The minimum Gasteiger partial charge on any atom is -0.362 e. The summed E-state index contributed by atoms with van der Waals surface area (Å²) in [5, 5.41) is 19.7. The van der Waals surface area contributed by atoms with Crippen LogP contribution in [0.15, 0.2) is 17.5 Å². The van der Waals surface area contributed by atoms with E-state index in [0.717, 1.165) is 33.7 Å². The lowest BCUT2D eigenvalue weighted by molar-refractivity contribution is 1.00. The minimum absolute atomic E-state index is 0.305.